The van der Waals surface area contributed by atoms with Crippen LogP contribution in [-0.2, 0) is 26.2 Å². The number of carbonyl (C=O) groups excluding carboxylic acids is 2. The summed E-state index contributed by atoms with van der Waals surface area (Å²) in [6, 6.07) is 15.2. The third-order valence-electron chi connectivity index (χ3n) is 6.32. The van der Waals surface area contributed by atoms with Crippen LogP contribution >= 0.6 is 34.8 Å². The number of likely N-dealkylation sites (N-methyl/N-ethyl adjacent to an activating group) is 1. The highest BCUT2D eigenvalue weighted by molar-refractivity contribution is 7.92. The Morgan fingerprint density at radius 1 is 0.923 bits per heavy atom. The number of benzene rings is 3. The first kappa shape index (κ1) is 30.8. The molecule has 1 unspecified atom stereocenters. The molecular weight excluding hydrogens is 581 g/mol. The molecule has 0 fully saturated rings. The molecule has 0 aromatic heterocycles. The van der Waals surface area contributed by atoms with Crippen LogP contribution in [0, 0.1) is 13.8 Å². The number of hydrogen-bond acceptors (Lipinski definition) is 4. The van der Waals surface area contributed by atoms with Crippen LogP contribution < -0.4 is 9.62 Å². The Bertz CT molecular complexity index is 1460. The maximum Gasteiger partial charge on any atom is 0.264 e. The van der Waals surface area contributed by atoms with E-state index in [0.717, 1.165) is 9.87 Å². The van der Waals surface area contributed by atoms with Crippen LogP contribution in [0.25, 0.3) is 0 Å². The largest absolute Gasteiger partial charge is 0.357 e. The van der Waals surface area contributed by atoms with Crippen molar-refractivity contribution in [1.82, 2.24) is 10.2 Å². The van der Waals surface area contributed by atoms with E-state index in [1.165, 1.54) is 30.1 Å². The van der Waals surface area contributed by atoms with Gasteiger partial charge in [-0.15, -0.1) is 0 Å². The molecule has 0 bridgehead atoms. The summed E-state index contributed by atoms with van der Waals surface area (Å²) in [5.74, 6) is -0.977. The van der Waals surface area contributed by atoms with Crippen LogP contribution in [0.15, 0.2) is 65.6 Å². The van der Waals surface area contributed by atoms with E-state index < -0.39 is 28.5 Å². The zero-order valence-electron chi connectivity index (χ0n) is 22.0. The summed E-state index contributed by atoms with van der Waals surface area (Å²) >= 11 is 18.7. The lowest BCUT2D eigenvalue weighted by Gasteiger charge is -2.33. The molecule has 3 aromatic carbocycles. The number of nitrogens with zero attached hydrogens (tertiary/aromatic N) is 2. The van der Waals surface area contributed by atoms with Crippen molar-refractivity contribution in [2.24, 2.45) is 0 Å². The SMILES string of the molecule is CCC(C(=O)NC)N(Cc1ccc(Cl)cc1Cl)C(=O)CN(c1cc(Cl)ccc1C)S(=O)(=O)c1ccc(C)cc1. The Hall–Kier alpha value is -2.78. The molecule has 2 amide bonds. The smallest absolute Gasteiger partial charge is 0.264 e. The van der Waals surface area contributed by atoms with Crippen molar-refractivity contribution in [2.75, 3.05) is 17.9 Å². The summed E-state index contributed by atoms with van der Waals surface area (Å²) < 4.78 is 28.9. The van der Waals surface area contributed by atoms with Crippen LogP contribution in [-0.4, -0.2) is 44.8 Å². The van der Waals surface area contributed by atoms with E-state index in [2.05, 4.69) is 5.32 Å². The number of rotatable bonds is 10. The van der Waals surface area contributed by atoms with E-state index in [9.17, 15) is 18.0 Å². The van der Waals surface area contributed by atoms with Gasteiger partial charge in [-0.05, 0) is 67.8 Å². The van der Waals surface area contributed by atoms with Gasteiger partial charge < -0.3 is 10.2 Å². The molecule has 39 heavy (non-hydrogen) atoms. The molecule has 0 aliphatic rings. The predicted octanol–water partition coefficient (Wildman–Crippen LogP) is 6.01. The maximum absolute atomic E-state index is 14.0. The summed E-state index contributed by atoms with van der Waals surface area (Å²) in [5.41, 5.74) is 2.31. The summed E-state index contributed by atoms with van der Waals surface area (Å²) in [7, 11) is -2.72. The van der Waals surface area contributed by atoms with E-state index in [-0.39, 0.29) is 29.5 Å². The third-order valence-corrected chi connectivity index (χ3v) is 8.91. The standard InChI is InChI=1S/C28H30Cl3N3O4S/c1-5-25(28(36)32-4)33(16-20-9-11-21(29)14-24(20)31)27(35)17-34(26-15-22(30)10-8-19(26)3)39(37,38)23-12-6-18(2)7-13-23/h6-15,25H,5,16-17H2,1-4H3,(H,32,36). The molecular formula is C28H30Cl3N3O4S. The molecule has 0 spiro atoms. The minimum absolute atomic E-state index is 0.0194. The Kier molecular flexibility index (Phi) is 10.3. The van der Waals surface area contributed by atoms with Gasteiger partial charge in [-0.25, -0.2) is 8.42 Å². The molecule has 11 heteroatoms. The predicted molar refractivity (Wildman–Crippen MR) is 157 cm³/mol. The van der Waals surface area contributed by atoms with Gasteiger partial charge in [-0.3, -0.25) is 13.9 Å². The fourth-order valence-electron chi connectivity index (χ4n) is 4.12. The van der Waals surface area contributed by atoms with Gasteiger partial charge in [0.1, 0.15) is 12.6 Å². The summed E-state index contributed by atoms with van der Waals surface area (Å²) in [6.07, 6.45) is 0.289. The number of halogens is 3. The summed E-state index contributed by atoms with van der Waals surface area (Å²) in [4.78, 5) is 28.2. The molecule has 0 aliphatic carbocycles. The second kappa shape index (κ2) is 13.0. The minimum Gasteiger partial charge on any atom is -0.357 e. The first-order valence-corrected chi connectivity index (χ1v) is 14.8. The zero-order valence-corrected chi connectivity index (χ0v) is 25.1. The Morgan fingerprint density at radius 3 is 2.13 bits per heavy atom. The van der Waals surface area contributed by atoms with Crippen molar-refractivity contribution < 1.29 is 18.0 Å². The highest BCUT2D eigenvalue weighted by atomic mass is 35.5. The molecule has 0 saturated heterocycles. The van der Waals surface area contributed by atoms with Gasteiger partial charge in [0.15, 0.2) is 0 Å². The molecule has 0 aliphatic heterocycles. The summed E-state index contributed by atoms with van der Waals surface area (Å²) in [5, 5.41) is 3.65. The van der Waals surface area contributed by atoms with E-state index in [1.54, 1.807) is 56.3 Å². The average Bonchev–Trinajstić information content (AvgIpc) is 2.89. The van der Waals surface area contributed by atoms with Crippen molar-refractivity contribution in [2.45, 2.75) is 44.7 Å². The number of amides is 2. The number of carbonyl (C=O) groups is 2. The number of nitrogens with one attached hydrogen (secondary N) is 1. The van der Waals surface area contributed by atoms with Crippen molar-refractivity contribution in [3.63, 3.8) is 0 Å². The Morgan fingerprint density at radius 2 is 1.54 bits per heavy atom. The number of hydrogen-bond donors (Lipinski definition) is 1. The van der Waals surface area contributed by atoms with Crippen molar-refractivity contribution in [3.8, 4) is 0 Å². The lowest BCUT2D eigenvalue weighted by molar-refractivity contribution is -0.140. The average molecular weight is 611 g/mol. The monoisotopic (exact) mass is 609 g/mol. The second-order valence-electron chi connectivity index (χ2n) is 9.05. The molecule has 1 N–H and O–H groups in total. The highest BCUT2D eigenvalue weighted by Crippen LogP contribution is 2.31. The van der Waals surface area contributed by atoms with Gasteiger partial charge in [0.2, 0.25) is 11.8 Å². The Balaban J connectivity index is 2.12. The highest BCUT2D eigenvalue weighted by Gasteiger charge is 2.34. The van der Waals surface area contributed by atoms with Gasteiger partial charge in [-0.1, -0.05) is 71.6 Å². The topological polar surface area (TPSA) is 86.8 Å². The van der Waals surface area contributed by atoms with Gasteiger partial charge in [-0.2, -0.15) is 0 Å². The fraction of sp³-hybridized carbons (Fsp3) is 0.286. The molecule has 0 heterocycles. The van der Waals surface area contributed by atoms with Crippen LogP contribution in [0.4, 0.5) is 5.69 Å². The third kappa shape index (κ3) is 7.25. The van der Waals surface area contributed by atoms with Crippen molar-refractivity contribution in [1.29, 1.82) is 0 Å². The number of aryl methyl sites for hydroxylation is 2. The Labute approximate surface area is 244 Å². The van der Waals surface area contributed by atoms with Crippen molar-refractivity contribution in [3.05, 3.63) is 92.4 Å². The van der Waals surface area contributed by atoms with Crippen LogP contribution in [0.3, 0.4) is 0 Å². The van der Waals surface area contributed by atoms with E-state index >= 15 is 0 Å². The molecule has 3 rings (SSSR count). The van der Waals surface area contributed by atoms with Gasteiger partial charge in [0, 0.05) is 28.7 Å². The van der Waals surface area contributed by atoms with Crippen LogP contribution in [0.2, 0.25) is 15.1 Å². The van der Waals surface area contributed by atoms with E-state index in [4.69, 9.17) is 34.8 Å². The normalized spacial score (nSPS) is 12.1. The lowest BCUT2D eigenvalue weighted by Crippen LogP contribution is -2.51. The zero-order chi connectivity index (χ0) is 28.9. The second-order valence-corrected chi connectivity index (χ2v) is 12.2. The minimum atomic E-state index is -4.20. The van der Waals surface area contributed by atoms with Crippen LogP contribution in [0.1, 0.15) is 30.0 Å². The molecule has 1 atom stereocenters. The van der Waals surface area contributed by atoms with Gasteiger partial charge in [0.25, 0.3) is 10.0 Å². The first-order chi connectivity index (χ1) is 18.4. The quantitative estimate of drug-likeness (QED) is 0.305. The fourth-order valence-corrected chi connectivity index (χ4v) is 6.23. The number of sulfonamides is 1. The first-order valence-electron chi connectivity index (χ1n) is 12.2. The van der Waals surface area contributed by atoms with Gasteiger partial charge in [0.05, 0.1) is 10.6 Å². The molecule has 208 valence electrons. The van der Waals surface area contributed by atoms with Gasteiger partial charge >= 0.3 is 0 Å². The lowest BCUT2D eigenvalue weighted by atomic mass is 10.1. The molecule has 3 aromatic rings. The van der Waals surface area contributed by atoms with E-state index in [1.807, 2.05) is 6.92 Å². The molecule has 0 saturated carbocycles. The maximum atomic E-state index is 14.0. The van der Waals surface area contributed by atoms with E-state index in [0.29, 0.717) is 26.2 Å². The molecule has 0 radical (unpaired) electrons. The van der Waals surface area contributed by atoms with Crippen LogP contribution in [0.5, 0.6) is 0 Å². The number of anilines is 1. The van der Waals surface area contributed by atoms with Crippen molar-refractivity contribution >= 4 is 62.3 Å². The molecule has 7 nitrogen and oxygen atoms in total. The summed E-state index contributed by atoms with van der Waals surface area (Å²) in [6.45, 7) is 4.75.